The average Bonchev–Trinajstić information content (AvgIpc) is 2.55. The monoisotopic (exact) mass is 318 g/mol. The Balaban J connectivity index is 2.41. The maximum absolute atomic E-state index is 10.6. The first kappa shape index (κ1) is 19.3. The van der Waals surface area contributed by atoms with Crippen LogP contribution in [0.1, 0.15) is 69.4 Å². The zero-order valence-electron chi connectivity index (χ0n) is 14.5. The van der Waals surface area contributed by atoms with Crippen LogP contribution in [0.3, 0.4) is 0 Å². The summed E-state index contributed by atoms with van der Waals surface area (Å²) in [5.41, 5.74) is 2.06. The van der Waals surface area contributed by atoms with Crippen LogP contribution < -0.4 is 4.74 Å². The Morgan fingerprint density at radius 1 is 1.09 bits per heavy atom. The van der Waals surface area contributed by atoms with Crippen molar-refractivity contribution in [2.24, 2.45) is 0 Å². The topological polar surface area (TPSA) is 46.5 Å². The minimum atomic E-state index is -0.926. The lowest BCUT2D eigenvalue weighted by Gasteiger charge is -2.09. The molecule has 0 spiro atoms. The predicted molar refractivity (Wildman–Crippen MR) is 96.0 cm³/mol. The van der Waals surface area contributed by atoms with Gasteiger partial charge in [-0.15, -0.1) is 0 Å². The largest absolute Gasteiger partial charge is 0.496 e. The molecule has 0 aliphatic rings. The Labute approximate surface area is 140 Å². The van der Waals surface area contributed by atoms with E-state index in [-0.39, 0.29) is 0 Å². The van der Waals surface area contributed by atoms with Gasteiger partial charge in [0, 0.05) is 6.08 Å². The number of hydrogen-bond donors (Lipinski definition) is 1. The number of aryl methyl sites for hydroxylation is 1. The third-order valence-corrected chi connectivity index (χ3v) is 4.02. The van der Waals surface area contributed by atoms with Gasteiger partial charge in [0.15, 0.2) is 0 Å². The van der Waals surface area contributed by atoms with Crippen LogP contribution in [0.2, 0.25) is 0 Å². The van der Waals surface area contributed by atoms with Crippen LogP contribution in [0, 0.1) is 0 Å². The number of carboxylic acid groups (broad SMARTS) is 1. The molecule has 0 aliphatic heterocycles. The minimum absolute atomic E-state index is 0.889. The van der Waals surface area contributed by atoms with Crippen molar-refractivity contribution < 1.29 is 14.6 Å². The van der Waals surface area contributed by atoms with E-state index in [1.165, 1.54) is 51.0 Å². The van der Waals surface area contributed by atoms with Crippen LogP contribution in [0.15, 0.2) is 24.3 Å². The fourth-order valence-electron chi connectivity index (χ4n) is 2.71. The van der Waals surface area contributed by atoms with Gasteiger partial charge in [0.25, 0.3) is 0 Å². The summed E-state index contributed by atoms with van der Waals surface area (Å²) in [4.78, 5) is 10.6. The van der Waals surface area contributed by atoms with Crippen LogP contribution in [-0.4, -0.2) is 18.2 Å². The van der Waals surface area contributed by atoms with E-state index in [2.05, 4.69) is 6.92 Å². The lowest BCUT2D eigenvalue weighted by atomic mass is 10.0. The maximum atomic E-state index is 10.6. The van der Waals surface area contributed by atoms with Gasteiger partial charge in [0.1, 0.15) is 5.75 Å². The van der Waals surface area contributed by atoms with Gasteiger partial charge in [-0.2, -0.15) is 0 Å². The summed E-state index contributed by atoms with van der Waals surface area (Å²) in [6, 6.07) is 5.83. The van der Waals surface area contributed by atoms with Gasteiger partial charge in [-0.3, -0.25) is 0 Å². The van der Waals surface area contributed by atoms with Gasteiger partial charge in [-0.25, -0.2) is 4.79 Å². The number of unbranched alkanes of at least 4 members (excludes halogenated alkanes) is 7. The van der Waals surface area contributed by atoms with E-state index in [0.29, 0.717) is 0 Å². The molecule has 23 heavy (non-hydrogen) atoms. The second-order valence-corrected chi connectivity index (χ2v) is 5.97. The summed E-state index contributed by atoms with van der Waals surface area (Å²) in [7, 11) is 1.68. The Morgan fingerprint density at radius 3 is 2.35 bits per heavy atom. The summed E-state index contributed by atoms with van der Waals surface area (Å²) in [6.45, 7) is 2.24. The highest BCUT2D eigenvalue weighted by Gasteiger charge is 2.04. The number of rotatable bonds is 12. The van der Waals surface area contributed by atoms with Gasteiger partial charge < -0.3 is 9.84 Å². The van der Waals surface area contributed by atoms with Gasteiger partial charge in [-0.1, -0.05) is 57.9 Å². The molecule has 0 aromatic heterocycles. The molecule has 0 heterocycles. The number of carbonyl (C=O) groups is 1. The lowest BCUT2D eigenvalue weighted by Crippen LogP contribution is -1.94. The fourth-order valence-corrected chi connectivity index (χ4v) is 2.71. The highest BCUT2D eigenvalue weighted by molar-refractivity contribution is 5.85. The molecule has 0 saturated carbocycles. The zero-order chi connectivity index (χ0) is 16.9. The first-order valence-corrected chi connectivity index (χ1v) is 8.75. The van der Waals surface area contributed by atoms with Crippen molar-refractivity contribution in [2.45, 2.75) is 64.7 Å². The highest BCUT2D eigenvalue weighted by Crippen LogP contribution is 2.23. The molecule has 3 nitrogen and oxygen atoms in total. The molecule has 128 valence electrons. The highest BCUT2D eigenvalue weighted by atomic mass is 16.5. The van der Waals surface area contributed by atoms with Crippen molar-refractivity contribution in [2.75, 3.05) is 7.11 Å². The SMILES string of the molecule is CCCCCCCCCCc1cc(C=CC(=O)O)ccc1OC. The minimum Gasteiger partial charge on any atom is -0.496 e. The van der Waals surface area contributed by atoms with Crippen LogP contribution in [0.4, 0.5) is 0 Å². The summed E-state index contributed by atoms with van der Waals surface area (Å²) in [5.74, 6) is -0.0362. The molecular formula is C20H30O3. The van der Waals surface area contributed by atoms with E-state index in [0.717, 1.165) is 29.7 Å². The lowest BCUT2D eigenvalue weighted by molar-refractivity contribution is -0.131. The van der Waals surface area contributed by atoms with Crippen molar-refractivity contribution in [3.05, 3.63) is 35.4 Å². The van der Waals surface area contributed by atoms with Crippen LogP contribution in [0.5, 0.6) is 5.75 Å². The number of carboxylic acids is 1. The average molecular weight is 318 g/mol. The predicted octanol–water partition coefficient (Wildman–Crippen LogP) is 5.48. The Bertz CT molecular complexity index is 492. The van der Waals surface area contributed by atoms with Gasteiger partial charge in [0.05, 0.1) is 7.11 Å². The fraction of sp³-hybridized carbons (Fsp3) is 0.550. The number of hydrogen-bond acceptors (Lipinski definition) is 2. The first-order chi connectivity index (χ1) is 11.2. The first-order valence-electron chi connectivity index (χ1n) is 8.75. The van der Waals surface area contributed by atoms with Gasteiger partial charge in [-0.05, 0) is 42.2 Å². The van der Waals surface area contributed by atoms with Crippen molar-refractivity contribution in [1.82, 2.24) is 0 Å². The molecular weight excluding hydrogens is 288 g/mol. The van der Waals surface area contributed by atoms with E-state index in [4.69, 9.17) is 9.84 Å². The van der Waals surface area contributed by atoms with E-state index in [1.54, 1.807) is 13.2 Å². The van der Waals surface area contributed by atoms with Crippen LogP contribution >= 0.6 is 0 Å². The molecule has 0 bridgehead atoms. The molecule has 1 rings (SSSR count). The summed E-state index contributed by atoms with van der Waals surface area (Å²) in [6.07, 6.45) is 14.2. The molecule has 0 fully saturated rings. The molecule has 1 aromatic carbocycles. The number of aliphatic carboxylic acids is 1. The van der Waals surface area contributed by atoms with Crippen molar-refractivity contribution >= 4 is 12.0 Å². The Morgan fingerprint density at radius 2 is 1.74 bits per heavy atom. The summed E-state index contributed by atoms with van der Waals surface area (Å²) < 4.78 is 5.41. The van der Waals surface area contributed by atoms with Gasteiger partial charge >= 0.3 is 5.97 Å². The second-order valence-electron chi connectivity index (χ2n) is 5.97. The molecule has 0 unspecified atom stereocenters. The van der Waals surface area contributed by atoms with Crippen LogP contribution in [0.25, 0.3) is 6.08 Å². The molecule has 0 radical (unpaired) electrons. The smallest absolute Gasteiger partial charge is 0.328 e. The van der Waals surface area contributed by atoms with E-state index in [1.807, 2.05) is 18.2 Å². The molecule has 0 atom stereocenters. The van der Waals surface area contributed by atoms with Crippen molar-refractivity contribution in [1.29, 1.82) is 0 Å². The molecule has 0 aliphatic carbocycles. The van der Waals surface area contributed by atoms with E-state index in [9.17, 15) is 4.79 Å². The van der Waals surface area contributed by atoms with Crippen molar-refractivity contribution in [3.8, 4) is 5.75 Å². The number of benzene rings is 1. The summed E-state index contributed by atoms with van der Waals surface area (Å²) >= 11 is 0. The zero-order valence-corrected chi connectivity index (χ0v) is 14.5. The molecule has 0 saturated heterocycles. The van der Waals surface area contributed by atoms with E-state index < -0.39 is 5.97 Å². The van der Waals surface area contributed by atoms with Gasteiger partial charge in [0.2, 0.25) is 0 Å². The maximum Gasteiger partial charge on any atom is 0.328 e. The molecule has 3 heteroatoms. The van der Waals surface area contributed by atoms with Crippen LogP contribution in [-0.2, 0) is 11.2 Å². The normalized spacial score (nSPS) is 11.0. The second kappa shape index (κ2) is 11.8. The Hall–Kier alpha value is -1.77. The number of methoxy groups -OCH3 is 1. The van der Waals surface area contributed by atoms with Crippen molar-refractivity contribution in [3.63, 3.8) is 0 Å². The third kappa shape index (κ3) is 8.44. The molecule has 1 N–H and O–H groups in total. The van der Waals surface area contributed by atoms with E-state index >= 15 is 0 Å². The quantitative estimate of drug-likeness (QED) is 0.410. The summed E-state index contributed by atoms with van der Waals surface area (Å²) in [5, 5.41) is 8.71. The number of ether oxygens (including phenoxy) is 1. The Kier molecular flexibility index (Phi) is 9.85. The molecule has 1 aromatic rings. The molecule has 0 amide bonds. The third-order valence-electron chi connectivity index (χ3n) is 4.02. The standard InChI is InChI=1S/C20H30O3/c1-3-4-5-6-7-8-9-10-11-18-16-17(13-15-20(21)22)12-14-19(18)23-2/h12-16H,3-11H2,1-2H3,(H,21,22).